The molecule has 0 aliphatic carbocycles. The maximum absolute atomic E-state index is 5.24. The molecule has 0 amide bonds. The average molecular weight is 369 g/mol. The van der Waals surface area contributed by atoms with E-state index >= 15 is 0 Å². The first-order valence-electron chi connectivity index (χ1n) is 8.72. The molecule has 0 unspecified atom stereocenters. The van der Waals surface area contributed by atoms with Gasteiger partial charge in [-0.2, -0.15) is 4.98 Å². The summed E-state index contributed by atoms with van der Waals surface area (Å²) < 4.78 is 0. The minimum atomic E-state index is 0.496. The molecule has 1 fully saturated rings. The molecular weight excluding hydrogens is 344 g/mol. The second-order valence-electron chi connectivity index (χ2n) is 6.12. The summed E-state index contributed by atoms with van der Waals surface area (Å²) in [6.45, 7) is 10.0. The molecule has 0 bridgehead atoms. The van der Waals surface area contributed by atoms with Gasteiger partial charge in [-0.3, -0.25) is 0 Å². The first-order valence-corrected chi connectivity index (χ1v) is 9.13. The number of thiocarbonyl (C=S) groups is 1. The number of para-hydroxylation sites is 1. The Bertz CT molecular complexity index is 756. The highest BCUT2D eigenvalue weighted by Crippen LogP contribution is 2.20. The number of nitrogens with zero attached hydrogens (tertiary/aromatic N) is 4. The fourth-order valence-corrected chi connectivity index (χ4v) is 3.09. The van der Waals surface area contributed by atoms with Crippen molar-refractivity contribution in [2.24, 2.45) is 0 Å². The van der Waals surface area contributed by atoms with Crippen LogP contribution in [-0.2, 0) is 0 Å². The average Bonchev–Trinajstić information content (AvgIpc) is 2.67. The summed E-state index contributed by atoms with van der Waals surface area (Å²) in [5, 5.41) is 6.57. The van der Waals surface area contributed by atoms with E-state index in [1.54, 1.807) is 6.08 Å². The lowest BCUT2D eigenvalue weighted by atomic mass is 10.2. The molecular formula is C19H24N6S. The standard InChI is InChI=1S/C19H24N6S/c1-3-9-20-19(26)23-18-21-15(2)14-17(22-18)25-12-10-24(11-13-25)16-7-5-4-6-8-16/h3-8,14H,1,9-13H2,2H3,(H2,20,21,22,23,26). The van der Waals surface area contributed by atoms with Gasteiger partial charge in [0.1, 0.15) is 5.82 Å². The number of aryl methyl sites for hydroxylation is 1. The maximum Gasteiger partial charge on any atom is 0.231 e. The Labute approximate surface area is 159 Å². The molecule has 136 valence electrons. The number of anilines is 3. The van der Waals surface area contributed by atoms with E-state index in [0.29, 0.717) is 17.6 Å². The number of aromatic nitrogens is 2. The lowest BCUT2D eigenvalue weighted by Crippen LogP contribution is -2.47. The zero-order chi connectivity index (χ0) is 18.4. The van der Waals surface area contributed by atoms with E-state index in [1.165, 1.54) is 5.69 Å². The number of piperazine rings is 1. The SMILES string of the molecule is C=CCNC(=S)Nc1nc(C)cc(N2CCN(c3ccccc3)CC2)n1. The van der Waals surface area contributed by atoms with Crippen LogP contribution < -0.4 is 20.4 Å². The van der Waals surface area contributed by atoms with Crippen LogP contribution in [0.5, 0.6) is 0 Å². The van der Waals surface area contributed by atoms with E-state index in [0.717, 1.165) is 37.7 Å². The van der Waals surface area contributed by atoms with E-state index < -0.39 is 0 Å². The van der Waals surface area contributed by atoms with Crippen molar-refractivity contribution in [2.45, 2.75) is 6.92 Å². The Morgan fingerprint density at radius 2 is 1.85 bits per heavy atom. The van der Waals surface area contributed by atoms with Crippen LogP contribution in [0.3, 0.4) is 0 Å². The number of rotatable bonds is 5. The van der Waals surface area contributed by atoms with Gasteiger partial charge < -0.3 is 20.4 Å². The van der Waals surface area contributed by atoms with Gasteiger partial charge in [0.15, 0.2) is 5.11 Å². The van der Waals surface area contributed by atoms with Crippen LogP contribution in [-0.4, -0.2) is 47.8 Å². The summed E-state index contributed by atoms with van der Waals surface area (Å²) in [5.74, 6) is 1.45. The molecule has 2 aromatic rings. The number of hydrogen-bond acceptors (Lipinski definition) is 5. The molecule has 0 atom stereocenters. The highest BCUT2D eigenvalue weighted by Gasteiger charge is 2.19. The number of hydrogen-bond donors (Lipinski definition) is 2. The van der Waals surface area contributed by atoms with Crippen molar-refractivity contribution in [1.82, 2.24) is 15.3 Å². The third-order valence-electron chi connectivity index (χ3n) is 4.20. The minimum Gasteiger partial charge on any atom is -0.368 e. The second-order valence-corrected chi connectivity index (χ2v) is 6.53. The first-order chi connectivity index (χ1) is 12.7. The second kappa shape index (κ2) is 8.62. The molecule has 2 heterocycles. The summed E-state index contributed by atoms with van der Waals surface area (Å²) in [4.78, 5) is 13.8. The van der Waals surface area contributed by atoms with Gasteiger partial charge in [0.2, 0.25) is 5.95 Å². The first kappa shape index (κ1) is 18.1. The summed E-state index contributed by atoms with van der Waals surface area (Å²) in [5.41, 5.74) is 2.18. The molecule has 0 saturated carbocycles. The number of nitrogens with one attached hydrogen (secondary N) is 2. The Balaban J connectivity index is 1.64. The van der Waals surface area contributed by atoms with Gasteiger partial charge in [0.25, 0.3) is 0 Å². The molecule has 26 heavy (non-hydrogen) atoms. The summed E-state index contributed by atoms with van der Waals surface area (Å²) in [6.07, 6.45) is 1.75. The minimum absolute atomic E-state index is 0.496. The zero-order valence-electron chi connectivity index (χ0n) is 15.0. The van der Waals surface area contributed by atoms with Gasteiger partial charge in [-0.15, -0.1) is 6.58 Å². The van der Waals surface area contributed by atoms with E-state index in [4.69, 9.17) is 12.2 Å². The largest absolute Gasteiger partial charge is 0.368 e. The smallest absolute Gasteiger partial charge is 0.231 e. The van der Waals surface area contributed by atoms with E-state index in [2.05, 4.69) is 61.2 Å². The molecule has 0 radical (unpaired) electrons. The summed E-state index contributed by atoms with van der Waals surface area (Å²) >= 11 is 5.24. The summed E-state index contributed by atoms with van der Waals surface area (Å²) in [6, 6.07) is 12.5. The highest BCUT2D eigenvalue weighted by molar-refractivity contribution is 7.80. The quantitative estimate of drug-likeness (QED) is 0.621. The topological polar surface area (TPSA) is 56.3 Å². The van der Waals surface area contributed by atoms with Gasteiger partial charge >= 0.3 is 0 Å². The van der Waals surface area contributed by atoms with Gasteiger partial charge in [-0.05, 0) is 31.3 Å². The summed E-state index contributed by atoms with van der Waals surface area (Å²) in [7, 11) is 0. The molecule has 1 saturated heterocycles. The van der Waals surface area contributed by atoms with Crippen LogP contribution in [0.4, 0.5) is 17.5 Å². The van der Waals surface area contributed by atoms with Gasteiger partial charge in [-0.1, -0.05) is 24.3 Å². The molecule has 1 aliphatic rings. The van der Waals surface area contributed by atoms with Crippen molar-refractivity contribution in [1.29, 1.82) is 0 Å². The Morgan fingerprint density at radius 3 is 2.54 bits per heavy atom. The Hall–Kier alpha value is -2.67. The normalized spacial score (nSPS) is 14.0. The van der Waals surface area contributed by atoms with Crippen molar-refractivity contribution in [3.05, 3.63) is 54.7 Å². The van der Waals surface area contributed by atoms with Crippen molar-refractivity contribution in [2.75, 3.05) is 47.8 Å². The van der Waals surface area contributed by atoms with Crippen LogP contribution in [0.15, 0.2) is 49.1 Å². The molecule has 6 nitrogen and oxygen atoms in total. The molecule has 2 N–H and O–H groups in total. The van der Waals surface area contributed by atoms with Crippen LogP contribution in [0, 0.1) is 6.92 Å². The van der Waals surface area contributed by atoms with E-state index in [1.807, 2.05) is 19.1 Å². The molecule has 0 spiro atoms. The third kappa shape index (κ3) is 4.70. The molecule has 3 rings (SSSR count). The van der Waals surface area contributed by atoms with Gasteiger partial charge in [0, 0.05) is 50.2 Å². The van der Waals surface area contributed by atoms with Crippen molar-refractivity contribution < 1.29 is 0 Å². The Kier molecular flexibility index (Phi) is 6.01. The molecule has 1 aromatic carbocycles. The van der Waals surface area contributed by atoms with Crippen molar-refractivity contribution in [3.8, 4) is 0 Å². The van der Waals surface area contributed by atoms with Crippen molar-refractivity contribution in [3.63, 3.8) is 0 Å². The van der Waals surface area contributed by atoms with Gasteiger partial charge in [0.05, 0.1) is 0 Å². The fraction of sp³-hybridized carbons (Fsp3) is 0.316. The lowest BCUT2D eigenvalue weighted by molar-refractivity contribution is 0.647. The number of benzene rings is 1. The van der Waals surface area contributed by atoms with Gasteiger partial charge in [-0.25, -0.2) is 4.98 Å². The predicted molar refractivity (Wildman–Crippen MR) is 112 cm³/mol. The van der Waals surface area contributed by atoms with Crippen LogP contribution in [0.1, 0.15) is 5.69 Å². The predicted octanol–water partition coefficient (Wildman–Crippen LogP) is 2.58. The molecule has 1 aliphatic heterocycles. The van der Waals surface area contributed by atoms with E-state index in [9.17, 15) is 0 Å². The van der Waals surface area contributed by atoms with Crippen LogP contribution in [0.2, 0.25) is 0 Å². The zero-order valence-corrected chi connectivity index (χ0v) is 15.8. The monoisotopic (exact) mass is 368 g/mol. The third-order valence-corrected chi connectivity index (χ3v) is 4.44. The van der Waals surface area contributed by atoms with Crippen LogP contribution >= 0.6 is 12.2 Å². The highest BCUT2D eigenvalue weighted by atomic mass is 32.1. The molecule has 7 heteroatoms. The van der Waals surface area contributed by atoms with Crippen molar-refractivity contribution >= 4 is 34.8 Å². The van der Waals surface area contributed by atoms with Crippen LogP contribution in [0.25, 0.3) is 0 Å². The Morgan fingerprint density at radius 1 is 1.15 bits per heavy atom. The maximum atomic E-state index is 5.24. The van der Waals surface area contributed by atoms with E-state index in [-0.39, 0.29) is 0 Å². The fourth-order valence-electron chi connectivity index (χ4n) is 2.91. The molecule has 1 aromatic heterocycles. The lowest BCUT2D eigenvalue weighted by Gasteiger charge is -2.36.